The molecule has 3 aromatic heterocycles. The maximum atomic E-state index is 11.7. The molecule has 3 aromatic rings. The molecule has 3 heterocycles. The Morgan fingerprint density at radius 2 is 2.18 bits per heavy atom. The van der Waals surface area contributed by atoms with Crippen molar-refractivity contribution in [1.82, 2.24) is 15.1 Å². The van der Waals surface area contributed by atoms with Crippen molar-refractivity contribution >= 4 is 33.7 Å². The Morgan fingerprint density at radius 3 is 2.86 bits per heavy atom. The molecule has 6 nitrogen and oxygen atoms in total. The molecule has 0 radical (unpaired) electrons. The summed E-state index contributed by atoms with van der Waals surface area (Å²) >= 11 is 2.88. The van der Waals surface area contributed by atoms with Crippen LogP contribution in [0.2, 0.25) is 0 Å². The van der Waals surface area contributed by atoms with E-state index < -0.39 is 0 Å². The van der Waals surface area contributed by atoms with Gasteiger partial charge in [0.25, 0.3) is 5.89 Å². The molecule has 8 heteroatoms. The van der Waals surface area contributed by atoms with Crippen LogP contribution in [0.1, 0.15) is 19.5 Å². The fourth-order valence-corrected chi connectivity index (χ4v) is 3.26. The van der Waals surface area contributed by atoms with Crippen molar-refractivity contribution in [3.8, 4) is 21.5 Å². The summed E-state index contributed by atoms with van der Waals surface area (Å²) in [6.45, 7) is 5.52. The quantitative estimate of drug-likeness (QED) is 0.784. The Balaban J connectivity index is 1.86. The monoisotopic (exact) mass is 334 g/mol. The van der Waals surface area contributed by atoms with Crippen LogP contribution in [0.3, 0.4) is 0 Å². The van der Waals surface area contributed by atoms with Crippen molar-refractivity contribution in [2.45, 2.75) is 20.8 Å². The highest BCUT2D eigenvalue weighted by molar-refractivity contribution is 7.19. The Hall–Kier alpha value is -2.06. The molecule has 0 aliphatic heterocycles. The largest absolute Gasteiger partial charge is 0.333 e. The first kappa shape index (κ1) is 14.9. The van der Waals surface area contributed by atoms with E-state index in [1.54, 1.807) is 11.3 Å². The first-order valence-corrected chi connectivity index (χ1v) is 8.40. The lowest BCUT2D eigenvalue weighted by Gasteiger charge is -2.02. The smallest absolute Gasteiger partial charge is 0.270 e. The van der Waals surface area contributed by atoms with Gasteiger partial charge in [0.15, 0.2) is 5.13 Å². The maximum absolute atomic E-state index is 11.7. The SMILES string of the molecule is Cc1nc(NC(=O)C(C)C)sc1-c1nc(-c2cccs2)no1. The second-order valence-corrected chi connectivity index (χ2v) is 6.92. The molecule has 0 saturated carbocycles. The van der Waals surface area contributed by atoms with E-state index in [-0.39, 0.29) is 11.8 Å². The molecule has 0 saturated heterocycles. The third kappa shape index (κ3) is 2.93. The van der Waals surface area contributed by atoms with Gasteiger partial charge in [0, 0.05) is 5.92 Å². The van der Waals surface area contributed by atoms with Gasteiger partial charge in [-0.05, 0) is 18.4 Å². The van der Waals surface area contributed by atoms with Crippen molar-refractivity contribution in [2.24, 2.45) is 5.92 Å². The van der Waals surface area contributed by atoms with Gasteiger partial charge < -0.3 is 9.84 Å². The number of thiophene rings is 1. The summed E-state index contributed by atoms with van der Waals surface area (Å²) in [4.78, 5) is 22.2. The Bertz CT molecular complexity index is 790. The molecular formula is C14H14N4O2S2. The van der Waals surface area contributed by atoms with Crippen molar-refractivity contribution in [3.05, 3.63) is 23.2 Å². The minimum atomic E-state index is -0.0958. The fraction of sp³-hybridized carbons (Fsp3) is 0.286. The first-order chi connectivity index (χ1) is 10.5. The predicted molar refractivity (Wildman–Crippen MR) is 86.9 cm³/mol. The third-order valence-electron chi connectivity index (χ3n) is 2.91. The van der Waals surface area contributed by atoms with Crippen molar-refractivity contribution in [3.63, 3.8) is 0 Å². The van der Waals surface area contributed by atoms with Crippen LogP contribution in [0.5, 0.6) is 0 Å². The minimum Gasteiger partial charge on any atom is -0.333 e. The number of nitrogens with one attached hydrogen (secondary N) is 1. The molecule has 3 rings (SSSR count). The number of thiazole rings is 1. The maximum Gasteiger partial charge on any atom is 0.270 e. The highest BCUT2D eigenvalue weighted by Crippen LogP contribution is 2.33. The standard InChI is InChI=1S/C14H14N4O2S2/c1-7(2)12(19)17-14-15-8(3)10(22-14)13-16-11(18-20-13)9-5-4-6-21-9/h4-7H,1-3H3,(H,15,17,19). The minimum absolute atomic E-state index is 0.0647. The van der Waals surface area contributed by atoms with E-state index in [4.69, 9.17) is 4.52 Å². The average molecular weight is 334 g/mol. The lowest BCUT2D eigenvalue weighted by atomic mass is 10.2. The van der Waals surface area contributed by atoms with E-state index in [9.17, 15) is 4.79 Å². The van der Waals surface area contributed by atoms with Gasteiger partial charge in [-0.15, -0.1) is 11.3 Å². The zero-order valence-electron chi connectivity index (χ0n) is 12.3. The van der Waals surface area contributed by atoms with E-state index in [0.717, 1.165) is 15.4 Å². The van der Waals surface area contributed by atoms with Crippen LogP contribution in [0, 0.1) is 12.8 Å². The Kier molecular flexibility index (Phi) is 4.04. The number of hydrogen-bond donors (Lipinski definition) is 1. The number of rotatable bonds is 4. The summed E-state index contributed by atoms with van der Waals surface area (Å²) in [5, 5.41) is 9.28. The number of anilines is 1. The van der Waals surface area contributed by atoms with Gasteiger partial charge in [0.2, 0.25) is 11.7 Å². The molecule has 1 N–H and O–H groups in total. The van der Waals surface area contributed by atoms with E-state index in [1.807, 2.05) is 38.3 Å². The zero-order chi connectivity index (χ0) is 15.7. The fourth-order valence-electron chi connectivity index (χ4n) is 1.72. The van der Waals surface area contributed by atoms with Gasteiger partial charge >= 0.3 is 0 Å². The van der Waals surface area contributed by atoms with E-state index in [0.29, 0.717) is 16.8 Å². The number of aryl methyl sites for hydroxylation is 1. The van der Waals surface area contributed by atoms with E-state index >= 15 is 0 Å². The number of hydrogen-bond acceptors (Lipinski definition) is 7. The van der Waals surface area contributed by atoms with Crippen LogP contribution in [-0.4, -0.2) is 21.0 Å². The molecule has 0 aromatic carbocycles. The molecule has 0 fully saturated rings. The normalized spacial score (nSPS) is 11.1. The number of carbonyl (C=O) groups is 1. The number of amides is 1. The van der Waals surface area contributed by atoms with Gasteiger partial charge in [-0.2, -0.15) is 4.98 Å². The third-order valence-corrected chi connectivity index (χ3v) is 4.84. The highest BCUT2D eigenvalue weighted by atomic mass is 32.1. The van der Waals surface area contributed by atoms with E-state index in [1.165, 1.54) is 11.3 Å². The molecule has 0 spiro atoms. The second-order valence-electron chi connectivity index (χ2n) is 4.98. The van der Waals surface area contributed by atoms with Crippen LogP contribution in [0.4, 0.5) is 5.13 Å². The molecule has 0 bridgehead atoms. The van der Waals surface area contributed by atoms with Crippen LogP contribution in [-0.2, 0) is 4.79 Å². The number of nitrogens with zero attached hydrogens (tertiary/aromatic N) is 3. The summed E-state index contributed by atoms with van der Waals surface area (Å²) in [5.41, 5.74) is 0.755. The van der Waals surface area contributed by atoms with Crippen molar-refractivity contribution < 1.29 is 9.32 Å². The van der Waals surface area contributed by atoms with Crippen LogP contribution in [0.25, 0.3) is 21.5 Å². The van der Waals surface area contributed by atoms with Gasteiger partial charge in [-0.1, -0.05) is 36.4 Å². The molecule has 0 aliphatic rings. The molecule has 114 valence electrons. The molecule has 0 atom stereocenters. The van der Waals surface area contributed by atoms with Crippen LogP contribution < -0.4 is 5.32 Å². The van der Waals surface area contributed by atoms with E-state index in [2.05, 4.69) is 20.4 Å². The molecule has 22 heavy (non-hydrogen) atoms. The average Bonchev–Trinajstić information content (AvgIpc) is 3.17. The Labute approximate surface area is 135 Å². The topological polar surface area (TPSA) is 80.9 Å². The Morgan fingerprint density at radius 1 is 1.36 bits per heavy atom. The second kappa shape index (κ2) is 5.98. The molecule has 1 amide bonds. The predicted octanol–water partition coefficient (Wildman–Crippen LogP) is 3.82. The molecule has 0 unspecified atom stereocenters. The number of carbonyl (C=O) groups excluding carboxylic acids is 1. The summed E-state index contributed by atoms with van der Waals surface area (Å²) < 4.78 is 5.32. The van der Waals surface area contributed by atoms with Crippen LogP contribution in [0.15, 0.2) is 22.0 Å². The molecule has 0 aliphatic carbocycles. The van der Waals surface area contributed by atoms with Gasteiger partial charge in [0.05, 0.1) is 10.6 Å². The lowest BCUT2D eigenvalue weighted by molar-refractivity contribution is -0.118. The summed E-state index contributed by atoms with van der Waals surface area (Å²) in [7, 11) is 0. The first-order valence-electron chi connectivity index (χ1n) is 6.71. The molecular weight excluding hydrogens is 320 g/mol. The van der Waals surface area contributed by atoms with Gasteiger partial charge in [-0.25, -0.2) is 4.98 Å². The van der Waals surface area contributed by atoms with Gasteiger partial charge in [-0.3, -0.25) is 4.79 Å². The number of aromatic nitrogens is 3. The summed E-state index contributed by atoms with van der Waals surface area (Å²) in [6.07, 6.45) is 0. The summed E-state index contributed by atoms with van der Waals surface area (Å²) in [5.74, 6) is 0.820. The highest BCUT2D eigenvalue weighted by Gasteiger charge is 2.19. The zero-order valence-corrected chi connectivity index (χ0v) is 13.9. The lowest BCUT2D eigenvalue weighted by Crippen LogP contribution is -2.17. The van der Waals surface area contributed by atoms with Crippen LogP contribution >= 0.6 is 22.7 Å². The van der Waals surface area contributed by atoms with Crippen molar-refractivity contribution in [2.75, 3.05) is 5.32 Å². The van der Waals surface area contributed by atoms with Gasteiger partial charge in [0.1, 0.15) is 4.88 Å². The van der Waals surface area contributed by atoms with Crippen molar-refractivity contribution in [1.29, 1.82) is 0 Å². The summed E-state index contributed by atoms with van der Waals surface area (Å²) in [6, 6.07) is 3.88.